The Morgan fingerprint density at radius 1 is 1.80 bits per heavy atom. The number of aromatic nitrogens is 2. The Balaban J connectivity index is 2.68. The zero-order valence-corrected chi connectivity index (χ0v) is 5.87. The van der Waals surface area contributed by atoms with Gasteiger partial charge in [0, 0.05) is 12.7 Å². The number of rotatable bonds is 3. The van der Waals surface area contributed by atoms with E-state index in [1.807, 2.05) is 0 Å². The van der Waals surface area contributed by atoms with E-state index in [4.69, 9.17) is 0 Å². The smallest absolute Gasteiger partial charge is 0.255 e. The van der Waals surface area contributed by atoms with E-state index in [2.05, 4.69) is 12.0 Å². The number of nitrogens with zero attached hydrogens (tertiary/aromatic N) is 2. The van der Waals surface area contributed by atoms with Crippen molar-refractivity contribution in [2.75, 3.05) is 0 Å². The topological polar surface area (TPSA) is 34.9 Å². The molecule has 3 nitrogen and oxygen atoms in total. The fourth-order valence-corrected chi connectivity index (χ4v) is 0.770. The molecule has 0 N–H and O–H groups in total. The van der Waals surface area contributed by atoms with E-state index in [0.717, 1.165) is 13.0 Å². The van der Waals surface area contributed by atoms with E-state index in [0.29, 0.717) is 5.69 Å². The monoisotopic (exact) mass is 137 g/mol. The summed E-state index contributed by atoms with van der Waals surface area (Å²) in [7, 11) is 0. The van der Waals surface area contributed by atoms with Crippen LogP contribution in [0.1, 0.15) is 19.0 Å². The van der Waals surface area contributed by atoms with Crippen LogP contribution < -0.4 is 0 Å². The standard InChI is InChI=1S/C7H9N2O/c1-2-4-9-5-3-7(6-10)8-9/h3,5H,2,4H2,1H3. The molecular weight excluding hydrogens is 128 g/mol. The predicted octanol–water partition coefficient (Wildman–Crippen LogP) is 0.751. The molecule has 1 radical (unpaired) electrons. The van der Waals surface area contributed by atoms with Gasteiger partial charge in [0.2, 0.25) is 0 Å². The van der Waals surface area contributed by atoms with Gasteiger partial charge in [-0.3, -0.25) is 9.48 Å². The van der Waals surface area contributed by atoms with Crippen LogP contribution in [0.5, 0.6) is 0 Å². The summed E-state index contributed by atoms with van der Waals surface area (Å²) in [5.41, 5.74) is 0.383. The zero-order chi connectivity index (χ0) is 7.40. The highest BCUT2D eigenvalue weighted by atomic mass is 16.1. The highest BCUT2D eigenvalue weighted by Gasteiger charge is 1.94. The van der Waals surface area contributed by atoms with Crippen molar-refractivity contribution in [3.63, 3.8) is 0 Å². The summed E-state index contributed by atoms with van der Waals surface area (Å²) < 4.78 is 1.74. The van der Waals surface area contributed by atoms with Crippen molar-refractivity contribution >= 4 is 6.29 Å². The van der Waals surface area contributed by atoms with Gasteiger partial charge >= 0.3 is 0 Å². The van der Waals surface area contributed by atoms with Crippen LogP contribution in [0.25, 0.3) is 0 Å². The maximum atomic E-state index is 10.0. The Labute approximate surface area is 59.7 Å². The lowest BCUT2D eigenvalue weighted by Crippen LogP contribution is -1.97. The second-order valence-corrected chi connectivity index (χ2v) is 2.07. The molecule has 10 heavy (non-hydrogen) atoms. The van der Waals surface area contributed by atoms with Crippen LogP contribution in [-0.2, 0) is 11.3 Å². The minimum Gasteiger partial charge on any atom is -0.283 e. The molecule has 0 unspecified atom stereocenters. The summed E-state index contributed by atoms with van der Waals surface area (Å²) in [5.74, 6) is 0. The Morgan fingerprint density at radius 3 is 3.10 bits per heavy atom. The average molecular weight is 137 g/mol. The minimum absolute atomic E-state index is 0.383. The highest BCUT2D eigenvalue weighted by Crippen LogP contribution is 1.92. The molecular formula is C7H9N2O. The van der Waals surface area contributed by atoms with Crippen LogP contribution in [0.4, 0.5) is 0 Å². The molecule has 1 heterocycles. The van der Waals surface area contributed by atoms with E-state index in [1.165, 1.54) is 0 Å². The third-order valence-corrected chi connectivity index (χ3v) is 1.20. The quantitative estimate of drug-likeness (QED) is 0.616. The summed E-state index contributed by atoms with van der Waals surface area (Å²) in [5, 5.41) is 3.91. The van der Waals surface area contributed by atoms with E-state index < -0.39 is 0 Å². The van der Waals surface area contributed by atoms with Crippen LogP contribution in [0.3, 0.4) is 0 Å². The predicted molar refractivity (Wildman–Crippen MR) is 37.3 cm³/mol. The first-order chi connectivity index (χ1) is 4.86. The van der Waals surface area contributed by atoms with Crippen LogP contribution in [0.2, 0.25) is 0 Å². The molecule has 0 aromatic carbocycles. The zero-order valence-electron chi connectivity index (χ0n) is 5.87. The second-order valence-electron chi connectivity index (χ2n) is 2.07. The van der Waals surface area contributed by atoms with Crippen molar-refractivity contribution in [3.05, 3.63) is 18.0 Å². The molecule has 1 aromatic rings. The maximum Gasteiger partial charge on any atom is 0.255 e. The molecule has 0 aliphatic heterocycles. The van der Waals surface area contributed by atoms with E-state index in [1.54, 1.807) is 23.2 Å². The molecule has 0 atom stereocenters. The van der Waals surface area contributed by atoms with Crippen molar-refractivity contribution in [2.45, 2.75) is 19.9 Å². The van der Waals surface area contributed by atoms with Gasteiger partial charge < -0.3 is 0 Å². The molecule has 1 aromatic heterocycles. The number of hydrogen-bond donors (Lipinski definition) is 0. The molecule has 1 rings (SSSR count). The first-order valence-corrected chi connectivity index (χ1v) is 3.28. The van der Waals surface area contributed by atoms with Crippen molar-refractivity contribution in [1.29, 1.82) is 0 Å². The SMILES string of the molecule is CCCn1ccc([C]=O)n1. The van der Waals surface area contributed by atoms with Crippen LogP contribution in [0.15, 0.2) is 12.3 Å². The van der Waals surface area contributed by atoms with Gasteiger partial charge in [0.05, 0.1) is 0 Å². The van der Waals surface area contributed by atoms with E-state index in [-0.39, 0.29) is 0 Å². The van der Waals surface area contributed by atoms with Gasteiger partial charge in [-0.2, -0.15) is 5.10 Å². The molecule has 0 amide bonds. The minimum atomic E-state index is 0.383. The number of aryl methyl sites for hydroxylation is 1. The van der Waals surface area contributed by atoms with Gasteiger partial charge in [-0.05, 0) is 12.5 Å². The fourth-order valence-electron chi connectivity index (χ4n) is 0.770. The lowest BCUT2D eigenvalue weighted by Gasteiger charge is -1.93. The molecule has 53 valence electrons. The normalized spacial score (nSPS) is 9.70. The molecule has 0 aliphatic carbocycles. The molecule has 0 bridgehead atoms. The lowest BCUT2D eigenvalue weighted by molar-refractivity contribution is 0.557. The highest BCUT2D eigenvalue weighted by molar-refractivity contribution is 5.71. The molecule has 0 fully saturated rings. The largest absolute Gasteiger partial charge is 0.283 e. The third-order valence-electron chi connectivity index (χ3n) is 1.20. The molecule has 0 spiro atoms. The van der Waals surface area contributed by atoms with Gasteiger partial charge in [0.15, 0.2) is 0 Å². The maximum absolute atomic E-state index is 10.0. The summed E-state index contributed by atoms with van der Waals surface area (Å²) in [6.45, 7) is 2.92. The van der Waals surface area contributed by atoms with Crippen molar-refractivity contribution in [2.24, 2.45) is 0 Å². The fraction of sp³-hybridized carbons (Fsp3) is 0.429. The van der Waals surface area contributed by atoms with Gasteiger partial charge in [0.25, 0.3) is 6.29 Å². The Bertz CT molecular complexity index is 217. The van der Waals surface area contributed by atoms with Crippen LogP contribution in [0, 0.1) is 0 Å². The van der Waals surface area contributed by atoms with Gasteiger partial charge in [-0.15, -0.1) is 0 Å². The van der Waals surface area contributed by atoms with Crippen molar-refractivity contribution in [1.82, 2.24) is 9.78 Å². The second kappa shape index (κ2) is 3.15. The first kappa shape index (κ1) is 6.99. The van der Waals surface area contributed by atoms with E-state index >= 15 is 0 Å². The molecule has 0 saturated carbocycles. The van der Waals surface area contributed by atoms with E-state index in [9.17, 15) is 4.79 Å². The Kier molecular flexibility index (Phi) is 2.20. The third kappa shape index (κ3) is 1.43. The first-order valence-electron chi connectivity index (χ1n) is 3.28. The van der Waals surface area contributed by atoms with Gasteiger partial charge in [-0.25, -0.2) is 0 Å². The number of carbonyl (C=O) groups excluding carboxylic acids is 1. The van der Waals surface area contributed by atoms with Crippen LogP contribution in [-0.4, -0.2) is 16.1 Å². The average Bonchev–Trinajstić information content (AvgIpc) is 2.37. The summed E-state index contributed by atoms with van der Waals surface area (Å²) in [6, 6.07) is 1.66. The lowest BCUT2D eigenvalue weighted by atomic mass is 10.5. The summed E-state index contributed by atoms with van der Waals surface area (Å²) >= 11 is 0. The van der Waals surface area contributed by atoms with Crippen molar-refractivity contribution in [3.8, 4) is 0 Å². The number of hydrogen-bond acceptors (Lipinski definition) is 2. The Morgan fingerprint density at radius 2 is 2.60 bits per heavy atom. The Hall–Kier alpha value is -1.12. The molecule has 0 saturated heterocycles. The summed E-state index contributed by atoms with van der Waals surface area (Å²) in [6.07, 6.45) is 4.53. The van der Waals surface area contributed by atoms with Crippen molar-refractivity contribution < 1.29 is 4.79 Å². The molecule has 0 aliphatic rings. The summed E-state index contributed by atoms with van der Waals surface area (Å²) in [4.78, 5) is 10.0. The molecule has 3 heteroatoms. The van der Waals surface area contributed by atoms with Gasteiger partial charge in [-0.1, -0.05) is 6.92 Å². The van der Waals surface area contributed by atoms with Gasteiger partial charge in [0.1, 0.15) is 5.69 Å². The van der Waals surface area contributed by atoms with Crippen LogP contribution >= 0.6 is 0 Å².